The van der Waals surface area contributed by atoms with Gasteiger partial charge in [0.15, 0.2) is 5.82 Å². The van der Waals surface area contributed by atoms with E-state index in [-0.39, 0.29) is 23.9 Å². The first-order valence-corrected chi connectivity index (χ1v) is 15.5. The maximum Gasteiger partial charge on any atom is 0.224 e. The summed E-state index contributed by atoms with van der Waals surface area (Å²) in [5.74, 6) is 1.13. The minimum absolute atomic E-state index is 0.114. The second-order valence-corrected chi connectivity index (χ2v) is 12.7. The van der Waals surface area contributed by atoms with Crippen molar-refractivity contribution in [3.05, 3.63) is 64.7 Å². The molecule has 3 aliphatic rings. The smallest absolute Gasteiger partial charge is 0.224 e. The minimum atomic E-state index is 0.114. The number of benzene rings is 2. The summed E-state index contributed by atoms with van der Waals surface area (Å²) in [6, 6.07) is 15.8. The highest BCUT2D eigenvalue weighted by Gasteiger charge is 2.33. The van der Waals surface area contributed by atoms with Crippen LogP contribution < -0.4 is 15.1 Å². The summed E-state index contributed by atoms with van der Waals surface area (Å²) in [5.41, 5.74) is 9.34. The Hall–Kier alpha value is -3.49. The van der Waals surface area contributed by atoms with Crippen LogP contribution in [0.3, 0.4) is 0 Å². The Labute approximate surface area is 250 Å². The molecule has 3 aromatic rings. The van der Waals surface area contributed by atoms with E-state index in [0.717, 1.165) is 74.9 Å². The molecule has 1 amide bonds. The average molecular weight is 568 g/mol. The number of anilines is 3. The van der Waals surface area contributed by atoms with Gasteiger partial charge < -0.3 is 24.9 Å². The molecule has 2 saturated heterocycles. The second kappa shape index (κ2) is 11.7. The van der Waals surface area contributed by atoms with Crippen LogP contribution in [0.2, 0.25) is 0 Å². The molecule has 2 atom stereocenters. The van der Waals surface area contributed by atoms with Crippen LogP contribution in [-0.4, -0.2) is 91.4 Å². The maximum absolute atomic E-state index is 12.7. The van der Waals surface area contributed by atoms with Crippen LogP contribution in [0.25, 0.3) is 11.3 Å². The van der Waals surface area contributed by atoms with E-state index in [0.29, 0.717) is 0 Å². The van der Waals surface area contributed by atoms with E-state index in [9.17, 15) is 4.79 Å². The normalized spacial score (nSPS) is 21.7. The first-order valence-electron chi connectivity index (χ1n) is 15.5. The number of piperidine rings is 1. The number of carbonyl (C=O) groups excluding carboxylic acids is 1. The minimum Gasteiger partial charge on any atom is -0.369 e. The molecule has 2 fully saturated rings. The van der Waals surface area contributed by atoms with E-state index in [2.05, 4.69) is 108 Å². The van der Waals surface area contributed by atoms with Crippen LogP contribution in [0.4, 0.5) is 17.2 Å². The van der Waals surface area contributed by atoms with Crippen molar-refractivity contribution in [2.24, 2.45) is 0 Å². The van der Waals surface area contributed by atoms with Gasteiger partial charge in [-0.25, -0.2) is 0 Å². The Kier molecular flexibility index (Phi) is 7.94. The number of likely N-dealkylation sites (tertiary alicyclic amines) is 1. The Balaban J connectivity index is 1.26. The predicted molar refractivity (Wildman–Crippen MR) is 172 cm³/mol. The molecule has 222 valence electrons. The van der Waals surface area contributed by atoms with Gasteiger partial charge in [0.05, 0.1) is 5.69 Å². The van der Waals surface area contributed by atoms with Gasteiger partial charge in [-0.15, -0.1) is 10.2 Å². The van der Waals surface area contributed by atoms with Crippen LogP contribution in [0.1, 0.15) is 54.9 Å². The van der Waals surface area contributed by atoms with E-state index in [4.69, 9.17) is 0 Å². The highest BCUT2D eigenvalue weighted by molar-refractivity contribution is 5.92. The number of hydrogen-bond donors (Lipinski definition) is 1. The molecule has 6 rings (SSSR count). The molecule has 4 heterocycles. The molecule has 8 nitrogen and oxygen atoms in total. The number of aromatic nitrogens is 2. The zero-order chi connectivity index (χ0) is 29.5. The summed E-state index contributed by atoms with van der Waals surface area (Å²) in [6.45, 7) is 14.7. The van der Waals surface area contributed by atoms with Crippen LogP contribution >= 0.6 is 0 Å². The number of likely N-dealkylation sites (N-methyl/N-ethyl adjacent to an activating group) is 1. The van der Waals surface area contributed by atoms with Crippen molar-refractivity contribution in [1.82, 2.24) is 20.0 Å². The Bertz CT molecular complexity index is 1420. The monoisotopic (exact) mass is 567 g/mol. The van der Waals surface area contributed by atoms with Crippen molar-refractivity contribution in [2.45, 2.75) is 58.5 Å². The zero-order valence-corrected chi connectivity index (χ0v) is 26.0. The highest BCUT2D eigenvalue weighted by Crippen LogP contribution is 2.41. The van der Waals surface area contributed by atoms with Crippen LogP contribution in [0.15, 0.2) is 42.5 Å². The third-order valence-corrected chi connectivity index (χ3v) is 9.55. The Morgan fingerprint density at radius 2 is 1.50 bits per heavy atom. The maximum atomic E-state index is 12.7. The number of aryl methyl sites for hydroxylation is 2. The lowest BCUT2D eigenvalue weighted by atomic mass is 9.88. The van der Waals surface area contributed by atoms with Gasteiger partial charge in [-0.1, -0.05) is 12.1 Å². The van der Waals surface area contributed by atoms with E-state index in [1.165, 1.54) is 27.9 Å². The second-order valence-electron chi connectivity index (χ2n) is 12.7. The Morgan fingerprint density at radius 3 is 2.12 bits per heavy atom. The highest BCUT2D eigenvalue weighted by atomic mass is 16.2. The first-order chi connectivity index (χ1) is 20.2. The van der Waals surface area contributed by atoms with Crippen molar-refractivity contribution in [3.63, 3.8) is 0 Å². The van der Waals surface area contributed by atoms with Gasteiger partial charge in [-0.05, 0) is 108 Å². The largest absolute Gasteiger partial charge is 0.369 e. The number of rotatable bonds is 5. The first kappa shape index (κ1) is 28.6. The fourth-order valence-corrected chi connectivity index (χ4v) is 7.31. The van der Waals surface area contributed by atoms with Crippen molar-refractivity contribution in [1.29, 1.82) is 0 Å². The average Bonchev–Trinajstić information content (AvgIpc) is 3.30. The number of fused-ring (bicyclic) bond motifs is 1. The third kappa shape index (κ3) is 5.50. The van der Waals surface area contributed by atoms with Gasteiger partial charge in [0.25, 0.3) is 0 Å². The molecule has 8 heteroatoms. The molecular formula is C34H45N7O. The molecule has 1 aromatic heterocycles. The van der Waals surface area contributed by atoms with E-state index < -0.39 is 0 Å². The number of nitrogens with zero attached hydrogens (tertiary/aromatic N) is 6. The molecule has 0 saturated carbocycles. The van der Waals surface area contributed by atoms with Gasteiger partial charge in [0.2, 0.25) is 5.91 Å². The van der Waals surface area contributed by atoms with Crippen molar-refractivity contribution in [3.8, 4) is 11.3 Å². The molecule has 42 heavy (non-hydrogen) atoms. The molecular weight excluding hydrogens is 522 g/mol. The standard InChI is InChI=1S/C34H45N7O/c1-22-19-27(20-23(2)33(22)40-17-15-39(6)16-18-40)31-21-30-32(24(3)35-34(30)37-36-31)26-7-9-28(10-8-26)41(25(4)42)29-11-13-38(5)14-12-29/h7-10,19-21,24,29,32H,11-18H2,1-6H3,(H,35,37). The molecule has 0 aliphatic carbocycles. The molecule has 3 aliphatic heterocycles. The molecule has 0 radical (unpaired) electrons. The van der Waals surface area contributed by atoms with Crippen LogP contribution in [-0.2, 0) is 4.79 Å². The number of carbonyl (C=O) groups is 1. The third-order valence-electron chi connectivity index (χ3n) is 9.55. The van der Waals surface area contributed by atoms with Crippen molar-refractivity contribution >= 4 is 23.1 Å². The predicted octanol–water partition coefficient (Wildman–Crippen LogP) is 4.91. The molecule has 2 aromatic carbocycles. The van der Waals surface area contributed by atoms with Gasteiger partial charge in [0.1, 0.15) is 0 Å². The summed E-state index contributed by atoms with van der Waals surface area (Å²) in [4.78, 5) is 22.0. The summed E-state index contributed by atoms with van der Waals surface area (Å²) >= 11 is 0. The lowest BCUT2D eigenvalue weighted by molar-refractivity contribution is -0.117. The number of amides is 1. The van der Waals surface area contributed by atoms with Gasteiger partial charge >= 0.3 is 0 Å². The fourth-order valence-electron chi connectivity index (χ4n) is 7.31. The summed E-state index contributed by atoms with van der Waals surface area (Å²) < 4.78 is 0. The van der Waals surface area contributed by atoms with Crippen molar-refractivity contribution in [2.75, 3.05) is 68.5 Å². The van der Waals surface area contributed by atoms with Gasteiger partial charge in [0, 0.05) is 73.6 Å². The number of hydrogen-bond acceptors (Lipinski definition) is 7. The quantitative estimate of drug-likeness (QED) is 0.470. The van der Waals surface area contributed by atoms with Crippen molar-refractivity contribution < 1.29 is 4.79 Å². The van der Waals surface area contributed by atoms with E-state index in [1.54, 1.807) is 6.92 Å². The number of nitrogens with one attached hydrogen (secondary N) is 1. The van der Waals surface area contributed by atoms with E-state index in [1.807, 2.05) is 4.90 Å². The molecule has 1 N–H and O–H groups in total. The summed E-state index contributed by atoms with van der Waals surface area (Å²) in [5, 5.41) is 12.9. The molecule has 0 bridgehead atoms. The summed E-state index contributed by atoms with van der Waals surface area (Å²) in [7, 11) is 4.35. The fraction of sp³-hybridized carbons (Fsp3) is 0.500. The molecule has 0 spiro atoms. The summed E-state index contributed by atoms with van der Waals surface area (Å²) in [6.07, 6.45) is 2.01. The number of piperazine rings is 1. The van der Waals surface area contributed by atoms with Crippen LogP contribution in [0, 0.1) is 13.8 Å². The molecule has 2 unspecified atom stereocenters. The van der Waals surface area contributed by atoms with Crippen LogP contribution in [0.5, 0.6) is 0 Å². The lowest BCUT2D eigenvalue weighted by Crippen LogP contribution is -2.46. The van der Waals surface area contributed by atoms with Gasteiger partial charge in [-0.2, -0.15) is 0 Å². The zero-order valence-electron chi connectivity index (χ0n) is 26.0. The van der Waals surface area contributed by atoms with E-state index >= 15 is 0 Å². The topological polar surface area (TPSA) is 67.8 Å². The lowest BCUT2D eigenvalue weighted by Gasteiger charge is -2.37. The Morgan fingerprint density at radius 1 is 0.881 bits per heavy atom. The van der Waals surface area contributed by atoms with Gasteiger partial charge in [-0.3, -0.25) is 4.79 Å². The SMILES string of the molecule is CC(=O)N(c1ccc(C2c3cc(-c4cc(C)c(N5CCN(C)CC5)c(C)c4)nnc3NC2C)cc1)C1CCN(C)CC1.